The van der Waals surface area contributed by atoms with Gasteiger partial charge >= 0.3 is 6.09 Å². The third-order valence-electron chi connectivity index (χ3n) is 9.29. The number of likely N-dealkylation sites (tertiary alicyclic amines) is 1. The van der Waals surface area contributed by atoms with Gasteiger partial charge in [-0.05, 0) is 102 Å². The summed E-state index contributed by atoms with van der Waals surface area (Å²) in [6.07, 6.45) is 4.03. The highest BCUT2D eigenvalue weighted by Crippen LogP contribution is 2.37. The van der Waals surface area contributed by atoms with Crippen LogP contribution >= 0.6 is 0 Å². The largest absolute Gasteiger partial charge is 0.496 e. The molecule has 5 rings (SSSR count). The van der Waals surface area contributed by atoms with E-state index in [-0.39, 0.29) is 24.2 Å². The zero-order chi connectivity index (χ0) is 35.5. The molecule has 50 heavy (non-hydrogen) atoms. The predicted molar refractivity (Wildman–Crippen MR) is 198 cm³/mol. The Hall–Kier alpha value is -3.79. The van der Waals surface area contributed by atoms with Crippen LogP contribution in [0, 0.1) is 0 Å². The number of nitrogens with zero attached hydrogens (tertiary/aromatic N) is 2. The molecule has 0 radical (unpaired) electrons. The SMILES string of the molecule is COc1ccccc1COCCCOc1ccc([C@H]2CCN(C(=O)OC(C)(C)C)C[C@@H]2OC(CCN(C)C)c2ccc3c(c2)NCCC3)cc1. The first-order valence-electron chi connectivity index (χ1n) is 18.2. The van der Waals surface area contributed by atoms with Crippen LogP contribution in [0.3, 0.4) is 0 Å². The van der Waals surface area contributed by atoms with Crippen molar-refractivity contribution in [1.29, 1.82) is 0 Å². The maximum absolute atomic E-state index is 13.2. The lowest BCUT2D eigenvalue weighted by atomic mass is 9.86. The Morgan fingerprint density at radius 1 is 1.04 bits per heavy atom. The molecule has 1 unspecified atom stereocenters. The van der Waals surface area contributed by atoms with Crippen LogP contribution in [0.5, 0.6) is 11.5 Å². The number of piperidine rings is 1. The van der Waals surface area contributed by atoms with E-state index in [1.807, 2.05) is 62.1 Å². The number of benzene rings is 3. The lowest BCUT2D eigenvalue weighted by Crippen LogP contribution is -2.48. The van der Waals surface area contributed by atoms with Crippen LogP contribution in [0.2, 0.25) is 0 Å². The highest BCUT2D eigenvalue weighted by atomic mass is 16.6. The highest BCUT2D eigenvalue weighted by Gasteiger charge is 2.37. The van der Waals surface area contributed by atoms with E-state index in [0.29, 0.717) is 32.9 Å². The van der Waals surface area contributed by atoms with Gasteiger partial charge in [0.2, 0.25) is 0 Å². The molecule has 1 saturated heterocycles. The average molecular weight is 688 g/mol. The van der Waals surface area contributed by atoms with E-state index in [1.165, 1.54) is 22.4 Å². The third-order valence-corrected chi connectivity index (χ3v) is 9.29. The van der Waals surface area contributed by atoms with E-state index in [1.54, 1.807) is 7.11 Å². The molecular formula is C41H57N3O6. The minimum absolute atomic E-state index is 0.115. The molecule has 9 nitrogen and oxygen atoms in total. The summed E-state index contributed by atoms with van der Waals surface area (Å²) in [5.41, 5.74) is 5.40. The first kappa shape index (κ1) is 37.5. The number of hydrogen-bond acceptors (Lipinski definition) is 8. The highest BCUT2D eigenvalue weighted by molar-refractivity contribution is 5.68. The number of methoxy groups -OCH3 is 1. The number of nitrogens with one attached hydrogen (secondary N) is 1. The lowest BCUT2D eigenvalue weighted by molar-refractivity contribution is -0.0688. The van der Waals surface area contributed by atoms with Crippen molar-refractivity contribution in [1.82, 2.24) is 9.80 Å². The van der Waals surface area contributed by atoms with Crippen LogP contribution < -0.4 is 14.8 Å². The van der Waals surface area contributed by atoms with Gasteiger partial charge in [0.1, 0.15) is 17.1 Å². The molecule has 272 valence electrons. The van der Waals surface area contributed by atoms with E-state index < -0.39 is 5.60 Å². The second-order valence-corrected chi connectivity index (χ2v) is 14.7. The fourth-order valence-electron chi connectivity index (χ4n) is 6.67. The van der Waals surface area contributed by atoms with Gasteiger partial charge in [-0.15, -0.1) is 0 Å². The van der Waals surface area contributed by atoms with Gasteiger partial charge in [-0.2, -0.15) is 0 Å². The number of carbonyl (C=O) groups is 1. The van der Waals surface area contributed by atoms with E-state index in [4.69, 9.17) is 23.7 Å². The van der Waals surface area contributed by atoms with E-state index in [0.717, 1.165) is 62.3 Å². The smallest absolute Gasteiger partial charge is 0.410 e. The molecule has 1 N–H and O–H groups in total. The molecule has 0 saturated carbocycles. The molecule has 0 bridgehead atoms. The molecule has 2 aliphatic rings. The standard InChI is InChI=1S/C41H57N3O6/c1-41(2,3)50-40(45)44-24-20-35(30-16-18-34(19-17-30)48-26-10-25-47-29-33-11-7-8-13-37(33)46-6)39(28-44)49-38(21-23-43(4)5)32-15-14-31-12-9-22-42-36(31)27-32/h7-8,11,13-19,27,35,38-39,42H,9-10,12,20-26,28-29H2,1-6H3/t35-,38?,39+/m1/s1. The number of para-hydroxylation sites is 1. The summed E-state index contributed by atoms with van der Waals surface area (Å²) < 4.78 is 30.3. The van der Waals surface area contributed by atoms with Gasteiger partial charge in [0, 0.05) is 43.2 Å². The molecule has 3 aromatic carbocycles. The summed E-state index contributed by atoms with van der Waals surface area (Å²) in [7, 11) is 5.87. The Morgan fingerprint density at radius 3 is 2.60 bits per heavy atom. The number of rotatable bonds is 15. The molecule has 3 aromatic rings. The molecule has 2 heterocycles. The second-order valence-electron chi connectivity index (χ2n) is 14.7. The summed E-state index contributed by atoms with van der Waals surface area (Å²) in [6.45, 7) is 10.4. The number of anilines is 1. The number of fused-ring (bicyclic) bond motifs is 1. The Labute approximate surface area is 299 Å². The van der Waals surface area contributed by atoms with Crippen LogP contribution in [0.15, 0.2) is 66.7 Å². The minimum atomic E-state index is -0.563. The zero-order valence-electron chi connectivity index (χ0n) is 30.9. The molecular weight excluding hydrogens is 630 g/mol. The topological polar surface area (TPSA) is 81.7 Å². The third kappa shape index (κ3) is 10.9. The Morgan fingerprint density at radius 2 is 1.84 bits per heavy atom. The van der Waals surface area contributed by atoms with Crippen LogP contribution in [0.25, 0.3) is 0 Å². The molecule has 1 fully saturated rings. The Kier molecular flexibility index (Phi) is 13.4. The molecule has 9 heteroatoms. The van der Waals surface area contributed by atoms with Crippen molar-refractivity contribution >= 4 is 11.8 Å². The summed E-state index contributed by atoms with van der Waals surface area (Å²) in [5, 5.41) is 3.59. The molecule has 0 aliphatic carbocycles. The number of hydrogen-bond donors (Lipinski definition) is 1. The fraction of sp³-hybridized carbons (Fsp3) is 0.537. The van der Waals surface area contributed by atoms with Crippen LogP contribution in [0.4, 0.5) is 10.5 Å². The molecule has 3 atom stereocenters. The molecule has 0 aromatic heterocycles. The van der Waals surface area contributed by atoms with Crippen molar-refractivity contribution in [2.24, 2.45) is 0 Å². The van der Waals surface area contributed by atoms with Gasteiger partial charge in [-0.25, -0.2) is 4.79 Å². The fourth-order valence-corrected chi connectivity index (χ4v) is 6.67. The monoisotopic (exact) mass is 687 g/mol. The van der Waals surface area contributed by atoms with Crippen molar-refractivity contribution < 1.29 is 28.5 Å². The summed E-state index contributed by atoms with van der Waals surface area (Å²) in [5.74, 6) is 1.78. The van der Waals surface area contributed by atoms with Crippen LogP contribution in [-0.4, -0.2) is 88.2 Å². The first-order chi connectivity index (χ1) is 24.1. The van der Waals surface area contributed by atoms with Gasteiger partial charge in [0.25, 0.3) is 0 Å². The number of carbonyl (C=O) groups excluding carboxylic acids is 1. The Bertz CT molecular complexity index is 1500. The number of aryl methyl sites for hydroxylation is 1. The average Bonchev–Trinajstić information content (AvgIpc) is 3.11. The van der Waals surface area contributed by atoms with Crippen molar-refractivity contribution in [3.63, 3.8) is 0 Å². The minimum Gasteiger partial charge on any atom is -0.496 e. The van der Waals surface area contributed by atoms with Crippen molar-refractivity contribution in [3.05, 3.63) is 89.0 Å². The summed E-state index contributed by atoms with van der Waals surface area (Å²) >= 11 is 0. The number of amides is 1. The summed E-state index contributed by atoms with van der Waals surface area (Å²) in [4.78, 5) is 17.3. The van der Waals surface area contributed by atoms with Gasteiger partial charge in [0.05, 0.1) is 45.7 Å². The predicted octanol–water partition coefficient (Wildman–Crippen LogP) is 7.84. The quantitative estimate of drug-likeness (QED) is 0.162. The maximum atomic E-state index is 13.2. The van der Waals surface area contributed by atoms with E-state index in [9.17, 15) is 4.79 Å². The van der Waals surface area contributed by atoms with Gasteiger partial charge in [-0.3, -0.25) is 0 Å². The number of ether oxygens (including phenoxy) is 5. The second kappa shape index (κ2) is 17.9. The van der Waals surface area contributed by atoms with Gasteiger partial charge < -0.3 is 38.8 Å². The van der Waals surface area contributed by atoms with Crippen LogP contribution in [-0.2, 0) is 27.2 Å². The van der Waals surface area contributed by atoms with Crippen molar-refractivity contribution in [2.75, 3.05) is 65.9 Å². The summed E-state index contributed by atoms with van der Waals surface area (Å²) in [6, 6.07) is 23.0. The molecule has 2 aliphatic heterocycles. The molecule has 1 amide bonds. The van der Waals surface area contributed by atoms with Crippen LogP contribution in [0.1, 0.15) is 80.7 Å². The lowest BCUT2D eigenvalue weighted by Gasteiger charge is -2.41. The zero-order valence-corrected chi connectivity index (χ0v) is 30.9. The Balaban J connectivity index is 1.25. The normalized spacial score (nSPS) is 18.3. The molecule has 0 spiro atoms. The maximum Gasteiger partial charge on any atom is 0.410 e. The van der Waals surface area contributed by atoms with Crippen molar-refractivity contribution in [2.45, 2.75) is 83.2 Å². The van der Waals surface area contributed by atoms with E-state index in [2.05, 4.69) is 54.6 Å². The van der Waals surface area contributed by atoms with E-state index >= 15 is 0 Å². The van der Waals surface area contributed by atoms with Gasteiger partial charge in [0.15, 0.2) is 0 Å². The van der Waals surface area contributed by atoms with Crippen molar-refractivity contribution in [3.8, 4) is 11.5 Å². The first-order valence-corrected chi connectivity index (χ1v) is 18.2. The van der Waals surface area contributed by atoms with Gasteiger partial charge in [-0.1, -0.05) is 42.5 Å².